The maximum atomic E-state index is 12.7. The van der Waals surface area contributed by atoms with E-state index in [9.17, 15) is 18.0 Å². The molecule has 0 bridgehead atoms. The third-order valence-electron chi connectivity index (χ3n) is 6.04. The van der Waals surface area contributed by atoms with Crippen molar-refractivity contribution in [2.45, 2.75) is 31.1 Å². The largest absolute Gasteiger partial charge is 0.328 e. The lowest BCUT2D eigenvalue weighted by atomic mass is 10.1. The minimum Gasteiger partial charge on any atom is -0.318 e. The number of hydrogen-bond acceptors (Lipinski definition) is 6. The molecule has 0 spiro atoms. The van der Waals surface area contributed by atoms with Gasteiger partial charge in [-0.1, -0.05) is 11.8 Å². The predicted molar refractivity (Wildman–Crippen MR) is 118 cm³/mol. The number of nitrogens with zero attached hydrogens (tertiary/aromatic N) is 3. The first-order valence-corrected chi connectivity index (χ1v) is 12.2. The Morgan fingerprint density at radius 1 is 1.38 bits per heavy atom. The van der Waals surface area contributed by atoms with Gasteiger partial charge in [-0.15, -0.1) is 0 Å². The summed E-state index contributed by atoms with van der Waals surface area (Å²) >= 11 is 0. The van der Waals surface area contributed by atoms with Crippen LogP contribution in [0.4, 0.5) is 4.79 Å². The van der Waals surface area contributed by atoms with E-state index in [-0.39, 0.29) is 25.5 Å². The molecule has 0 aromatic carbocycles. The molecule has 1 aromatic heterocycles. The number of nitrogens with one attached hydrogen (secondary N) is 1. The molecule has 2 aliphatic rings. The number of fused-ring (bicyclic) bond motifs is 1. The van der Waals surface area contributed by atoms with E-state index in [0.717, 1.165) is 24.9 Å². The summed E-state index contributed by atoms with van der Waals surface area (Å²) in [7, 11) is 0.278. The molecule has 3 rings (SSSR count). The van der Waals surface area contributed by atoms with Crippen LogP contribution in [0, 0.1) is 35.5 Å². The molecule has 1 fully saturated rings. The van der Waals surface area contributed by atoms with Crippen molar-refractivity contribution in [2.24, 2.45) is 11.8 Å². The first-order chi connectivity index (χ1) is 15.0. The Balaban J connectivity index is 1.60. The lowest BCUT2D eigenvalue weighted by Gasteiger charge is -2.27. The van der Waals surface area contributed by atoms with Crippen LogP contribution in [0.25, 0.3) is 0 Å². The summed E-state index contributed by atoms with van der Waals surface area (Å²) in [5, 5.41) is 8.91. The van der Waals surface area contributed by atoms with E-state index >= 15 is 0 Å². The van der Waals surface area contributed by atoms with Crippen LogP contribution in [0.5, 0.6) is 0 Å². The fraction of sp³-hybridized carbons (Fsp3) is 0.545. The SMILES string of the molecule is CN(C)C[C@@H]1C[C@H]1C#CC#Cc1cc2n(c1)C(=O)N(CCC(C)(C(=O)NO)S(C)(=O)=O)C2. The molecule has 9 nitrogen and oxygen atoms in total. The maximum absolute atomic E-state index is 12.7. The van der Waals surface area contributed by atoms with Crippen LogP contribution in [0.1, 0.15) is 31.0 Å². The molecule has 2 N–H and O–H groups in total. The van der Waals surface area contributed by atoms with E-state index in [1.54, 1.807) is 12.3 Å². The Morgan fingerprint density at radius 2 is 2.09 bits per heavy atom. The van der Waals surface area contributed by atoms with E-state index in [2.05, 4.69) is 28.6 Å². The van der Waals surface area contributed by atoms with Crippen molar-refractivity contribution in [2.75, 3.05) is 33.4 Å². The highest BCUT2D eigenvalue weighted by Crippen LogP contribution is 2.37. The number of carbonyl (C=O) groups excluding carboxylic acids is 2. The van der Waals surface area contributed by atoms with Crippen molar-refractivity contribution < 1.29 is 23.2 Å². The van der Waals surface area contributed by atoms with E-state index in [4.69, 9.17) is 5.21 Å². The fourth-order valence-corrected chi connectivity index (χ4v) is 4.57. The van der Waals surface area contributed by atoms with Gasteiger partial charge in [-0.25, -0.2) is 18.7 Å². The number of carbonyl (C=O) groups is 2. The highest BCUT2D eigenvalue weighted by molar-refractivity contribution is 7.92. The van der Waals surface area contributed by atoms with Gasteiger partial charge in [-0.05, 0) is 57.7 Å². The number of aromatic nitrogens is 1. The molecule has 0 radical (unpaired) electrons. The van der Waals surface area contributed by atoms with E-state index in [0.29, 0.717) is 17.4 Å². The van der Waals surface area contributed by atoms with Crippen LogP contribution in [-0.4, -0.2) is 78.1 Å². The van der Waals surface area contributed by atoms with Crippen molar-refractivity contribution >= 4 is 21.8 Å². The van der Waals surface area contributed by atoms with Crippen LogP contribution < -0.4 is 5.48 Å². The summed E-state index contributed by atoms with van der Waals surface area (Å²) in [6, 6.07) is 1.48. The minimum absolute atomic E-state index is 0.0412. The topological polar surface area (TPSA) is 112 Å². The van der Waals surface area contributed by atoms with Gasteiger partial charge in [0.2, 0.25) is 0 Å². The molecule has 3 atom stereocenters. The van der Waals surface area contributed by atoms with E-state index in [1.807, 2.05) is 14.1 Å². The van der Waals surface area contributed by atoms with Crippen molar-refractivity contribution in [3.05, 3.63) is 23.5 Å². The molecule has 1 aliphatic carbocycles. The Hall–Kier alpha value is -2.79. The van der Waals surface area contributed by atoms with E-state index in [1.165, 1.54) is 21.9 Å². The molecule has 1 aromatic rings. The highest BCUT2D eigenvalue weighted by Gasteiger charge is 2.44. The molecule has 10 heteroatoms. The third kappa shape index (κ3) is 4.99. The van der Waals surface area contributed by atoms with E-state index < -0.39 is 20.5 Å². The Morgan fingerprint density at radius 3 is 2.69 bits per heavy atom. The quantitative estimate of drug-likeness (QED) is 0.349. The van der Waals surface area contributed by atoms with Gasteiger partial charge in [0.15, 0.2) is 14.6 Å². The Kier molecular flexibility index (Phi) is 6.70. The average molecular weight is 461 g/mol. The molecule has 1 saturated carbocycles. The zero-order valence-electron chi connectivity index (χ0n) is 18.7. The molecule has 2 heterocycles. The van der Waals surface area contributed by atoms with Gasteiger partial charge in [-0.3, -0.25) is 14.6 Å². The van der Waals surface area contributed by atoms with Gasteiger partial charge < -0.3 is 9.80 Å². The maximum Gasteiger partial charge on any atom is 0.328 e. The van der Waals surface area contributed by atoms with Gasteiger partial charge in [-0.2, -0.15) is 0 Å². The Bertz CT molecular complexity index is 1150. The summed E-state index contributed by atoms with van der Waals surface area (Å²) in [6.45, 7) is 2.58. The minimum atomic E-state index is -3.82. The van der Waals surface area contributed by atoms with Gasteiger partial charge in [0.25, 0.3) is 5.91 Å². The summed E-state index contributed by atoms with van der Waals surface area (Å²) < 4.78 is 23.8. The Labute approximate surface area is 188 Å². The monoisotopic (exact) mass is 460 g/mol. The normalized spacial score (nSPS) is 21.2. The molecule has 2 amide bonds. The number of rotatable bonds is 7. The zero-order chi connectivity index (χ0) is 23.7. The summed E-state index contributed by atoms with van der Waals surface area (Å²) in [5.74, 6) is 11.9. The van der Waals surface area contributed by atoms with Crippen LogP contribution in [-0.2, 0) is 21.2 Å². The molecule has 0 saturated heterocycles. The van der Waals surface area contributed by atoms with Gasteiger partial charge in [0.1, 0.15) is 0 Å². The first kappa shape index (κ1) is 23.9. The van der Waals surface area contributed by atoms with Crippen LogP contribution >= 0.6 is 0 Å². The molecular formula is C22H28N4O5S. The second-order valence-corrected chi connectivity index (χ2v) is 11.3. The number of hydrogen-bond donors (Lipinski definition) is 2. The second-order valence-electron chi connectivity index (χ2n) is 8.87. The van der Waals surface area contributed by atoms with Crippen LogP contribution in [0.3, 0.4) is 0 Å². The highest BCUT2D eigenvalue weighted by atomic mass is 32.2. The van der Waals surface area contributed by atoms with Gasteiger partial charge >= 0.3 is 6.03 Å². The van der Waals surface area contributed by atoms with Crippen molar-refractivity contribution in [3.63, 3.8) is 0 Å². The second kappa shape index (κ2) is 8.99. The first-order valence-electron chi connectivity index (χ1n) is 10.3. The zero-order valence-corrected chi connectivity index (χ0v) is 19.5. The fourth-order valence-electron chi connectivity index (χ4n) is 3.73. The lowest BCUT2D eigenvalue weighted by Crippen LogP contribution is -2.50. The molecule has 1 unspecified atom stereocenters. The van der Waals surface area contributed by atoms with Crippen molar-refractivity contribution in [1.82, 2.24) is 19.8 Å². The molecular weight excluding hydrogens is 432 g/mol. The number of hydroxylamine groups is 1. The van der Waals surface area contributed by atoms with Gasteiger partial charge in [0, 0.05) is 42.7 Å². The van der Waals surface area contributed by atoms with Gasteiger partial charge in [0.05, 0.1) is 6.54 Å². The average Bonchev–Trinajstić information content (AvgIpc) is 3.19. The van der Waals surface area contributed by atoms with Crippen LogP contribution in [0.15, 0.2) is 12.3 Å². The molecule has 32 heavy (non-hydrogen) atoms. The van der Waals surface area contributed by atoms with Crippen LogP contribution in [0.2, 0.25) is 0 Å². The number of amides is 2. The van der Waals surface area contributed by atoms with Crippen molar-refractivity contribution in [3.8, 4) is 23.7 Å². The standard InChI is InChI=1S/C22H28N4O5S/c1-22(20(27)23-29,32(4,30)31)9-10-25-15-19-11-16(13-26(19)21(25)28)7-5-6-8-17-12-18(17)14-24(2)3/h11,13,17-18,29H,9-10,12,14-15H2,1-4H3,(H,23,27)/t17-,18+,22?/m1/s1. The van der Waals surface area contributed by atoms with Crippen molar-refractivity contribution in [1.29, 1.82) is 0 Å². The summed E-state index contributed by atoms with van der Waals surface area (Å²) in [5.41, 5.74) is 2.82. The lowest BCUT2D eigenvalue weighted by molar-refractivity contribution is -0.131. The molecule has 1 aliphatic heterocycles. The smallest absolute Gasteiger partial charge is 0.318 e. The molecule has 172 valence electrons. The summed E-state index contributed by atoms with van der Waals surface area (Å²) in [6.07, 6.45) is 3.52. The third-order valence-corrected chi connectivity index (χ3v) is 8.06. The number of sulfone groups is 1. The summed E-state index contributed by atoms with van der Waals surface area (Å²) in [4.78, 5) is 28.2. The predicted octanol–water partition coefficient (Wildman–Crippen LogP) is 0.523.